The van der Waals surface area contributed by atoms with E-state index in [9.17, 15) is 9.90 Å². The molecule has 1 aromatic rings. The molecule has 0 aliphatic rings. The van der Waals surface area contributed by atoms with Crippen LogP contribution in [0.4, 0.5) is 5.69 Å². The Morgan fingerprint density at radius 1 is 1.33 bits per heavy atom. The zero-order valence-electron chi connectivity index (χ0n) is 8.73. The van der Waals surface area contributed by atoms with Crippen LogP contribution in [-0.2, 0) is 0 Å². The van der Waals surface area contributed by atoms with Gasteiger partial charge in [-0.3, -0.25) is 4.79 Å². The summed E-state index contributed by atoms with van der Waals surface area (Å²) in [5, 5.41) is 15.4. The van der Waals surface area contributed by atoms with Crippen LogP contribution in [0.1, 0.15) is 10.4 Å². The molecular weight excluding hydrogens is 192 g/mol. The Morgan fingerprint density at radius 2 is 2.00 bits per heavy atom. The highest BCUT2D eigenvalue weighted by Gasteiger charge is 2.01. The summed E-state index contributed by atoms with van der Waals surface area (Å²) in [5.74, 6) is 0. The molecule has 0 spiro atoms. The number of hydrogen-bond acceptors (Lipinski definition) is 4. The Balaban J connectivity index is 2.40. The van der Waals surface area contributed by atoms with Gasteiger partial charge >= 0.3 is 0 Å². The molecule has 0 fully saturated rings. The van der Waals surface area contributed by atoms with Crippen LogP contribution in [0, 0.1) is 0 Å². The number of aldehydes is 1. The summed E-state index contributed by atoms with van der Waals surface area (Å²) >= 11 is 0. The summed E-state index contributed by atoms with van der Waals surface area (Å²) in [6, 6.07) is 7.10. The lowest BCUT2D eigenvalue weighted by molar-refractivity contribution is 0.112. The fourth-order valence-corrected chi connectivity index (χ4v) is 1.22. The fraction of sp³-hybridized carbons (Fsp3) is 0.364. The van der Waals surface area contributed by atoms with Crippen molar-refractivity contribution in [3.63, 3.8) is 0 Å². The van der Waals surface area contributed by atoms with Crippen molar-refractivity contribution in [1.29, 1.82) is 0 Å². The summed E-state index contributed by atoms with van der Waals surface area (Å²) in [6.45, 7) is 1.04. The molecular formula is C11H16N2O2. The van der Waals surface area contributed by atoms with Crippen LogP contribution >= 0.6 is 0 Å². The number of rotatable bonds is 6. The van der Waals surface area contributed by atoms with Crippen LogP contribution in [0.2, 0.25) is 0 Å². The number of carbonyl (C=O) groups is 1. The molecule has 4 heteroatoms. The van der Waals surface area contributed by atoms with Crippen LogP contribution in [0.5, 0.6) is 0 Å². The zero-order valence-corrected chi connectivity index (χ0v) is 8.73. The van der Waals surface area contributed by atoms with Crippen LogP contribution in [-0.4, -0.2) is 37.6 Å². The van der Waals surface area contributed by atoms with Gasteiger partial charge in [0.05, 0.1) is 6.10 Å². The van der Waals surface area contributed by atoms with Crippen LogP contribution in [0.15, 0.2) is 24.3 Å². The molecule has 1 rings (SSSR count). The first-order valence-corrected chi connectivity index (χ1v) is 4.88. The maximum Gasteiger partial charge on any atom is 0.150 e. The highest BCUT2D eigenvalue weighted by atomic mass is 16.3. The van der Waals surface area contributed by atoms with Crippen LogP contribution in [0.25, 0.3) is 0 Å². The van der Waals surface area contributed by atoms with Crippen molar-refractivity contribution >= 4 is 12.0 Å². The highest BCUT2D eigenvalue weighted by Crippen LogP contribution is 2.07. The van der Waals surface area contributed by atoms with Gasteiger partial charge in [-0.2, -0.15) is 0 Å². The molecule has 0 amide bonds. The minimum atomic E-state index is -0.416. The summed E-state index contributed by atoms with van der Waals surface area (Å²) in [4.78, 5) is 10.4. The van der Waals surface area contributed by atoms with E-state index >= 15 is 0 Å². The molecule has 82 valence electrons. The summed E-state index contributed by atoms with van der Waals surface area (Å²) in [7, 11) is 1.79. The van der Waals surface area contributed by atoms with Gasteiger partial charge in [-0.15, -0.1) is 0 Å². The van der Waals surface area contributed by atoms with Crippen molar-refractivity contribution in [3.05, 3.63) is 29.8 Å². The molecule has 0 saturated carbocycles. The number of aliphatic hydroxyl groups is 1. The number of nitrogens with one attached hydrogen (secondary N) is 2. The van der Waals surface area contributed by atoms with Gasteiger partial charge < -0.3 is 15.7 Å². The molecule has 0 aliphatic carbocycles. The minimum Gasteiger partial charge on any atom is -0.390 e. The van der Waals surface area contributed by atoms with Crippen molar-refractivity contribution in [2.24, 2.45) is 0 Å². The smallest absolute Gasteiger partial charge is 0.150 e. The Hall–Kier alpha value is -1.39. The minimum absolute atomic E-state index is 0.416. The van der Waals surface area contributed by atoms with E-state index in [1.165, 1.54) is 0 Å². The lowest BCUT2D eigenvalue weighted by Gasteiger charge is -2.12. The number of likely N-dealkylation sites (N-methyl/N-ethyl adjacent to an activating group) is 1. The predicted molar refractivity (Wildman–Crippen MR) is 60.3 cm³/mol. The van der Waals surface area contributed by atoms with Crippen molar-refractivity contribution in [2.45, 2.75) is 6.10 Å². The Labute approximate surface area is 89.3 Å². The first-order chi connectivity index (χ1) is 7.26. The summed E-state index contributed by atoms with van der Waals surface area (Å²) in [5.41, 5.74) is 1.55. The molecule has 1 unspecified atom stereocenters. The number of benzene rings is 1. The van der Waals surface area contributed by atoms with Crippen molar-refractivity contribution in [3.8, 4) is 0 Å². The van der Waals surface area contributed by atoms with Crippen molar-refractivity contribution < 1.29 is 9.90 Å². The van der Waals surface area contributed by atoms with E-state index in [0.717, 1.165) is 12.0 Å². The van der Waals surface area contributed by atoms with Gasteiger partial charge in [-0.1, -0.05) is 0 Å². The van der Waals surface area contributed by atoms with E-state index in [0.29, 0.717) is 18.7 Å². The van der Waals surface area contributed by atoms with E-state index in [2.05, 4.69) is 10.6 Å². The van der Waals surface area contributed by atoms with Gasteiger partial charge in [0.25, 0.3) is 0 Å². The van der Waals surface area contributed by atoms with Gasteiger partial charge in [-0.05, 0) is 31.3 Å². The van der Waals surface area contributed by atoms with Gasteiger partial charge in [0.2, 0.25) is 0 Å². The standard InChI is InChI=1S/C11H16N2O2/c1-12-6-11(15)7-13-10-4-2-9(8-14)3-5-10/h2-5,8,11-13,15H,6-7H2,1H3. The Kier molecular flexibility index (Phi) is 4.80. The largest absolute Gasteiger partial charge is 0.390 e. The first-order valence-electron chi connectivity index (χ1n) is 4.88. The normalized spacial score (nSPS) is 12.1. The van der Waals surface area contributed by atoms with E-state index in [4.69, 9.17) is 0 Å². The molecule has 0 bridgehead atoms. The lowest BCUT2D eigenvalue weighted by atomic mass is 10.2. The van der Waals surface area contributed by atoms with Crippen LogP contribution < -0.4 is 10.6 Å². The maximum absolute atomic E-state index is 10.4. The molecule has 15 heavy (non-hydrogen) atoms. The lowest BCUT2D eigenvalue weighted by Crippen LogP contribution is -2.30. The third-order valence-electron chi connectivity index (χ3n) is 2.03. The number of aliphatic hydroxyl groups excluding tert-OH is 1. The van der Waals surface area contributed by atoms with Gasteiger partial charge in [0, 0.05) is 24.3 Å². The second-order valence-corrected chi connectivity index (χ2v) is 3.33. The Morgan fingerprint density at radius 3 is 2.53 bits per heavy atom. The van der Waals surface area contributed by atoms with E-state index in [-0.39, 0.29) is 0 Å². The monoisotopic (exact) mass is 208 g/mol. The average molecular weight is 208 g/mol. The van der Waals surface area contributed by atoms with Gasteiger partial charge in [-0.25, -0.2) is 0 Å². The van der Waals surface area contributed by atoms with Crippen molar-refractivity contribution in [1.82, 2.24) is 5.32 Å². The maximum atomic E-state index is 10.4. The number of carbonyl (C=O) groups excluding carboxylic acids is 1. The van der Waals surface area contributed by atoms with Crippen LogP contribution in [0.3, 0.4) is 0 Å². The van der Waals surface area contributed by atoms with E-state index in [1.54, 1.807) is 19.2 Å². The third kappa shape index (κ3) is 4.10. The molecule has 4 nitrogen and oxygen atoms in total. The third-order valence-corrected chi connectivity index (χ3v) is 2.03. The molecule has 0 aliphatic heterocycles. The summed E-state index contributed by atoms with van der Waals surface area (Å²) < 4.78 is 0. The quantitative estimate of drug-likeness (QED) is 0.595. The first kappa shape index (κ1) is 11.7. The molecule has 0 aromatic heterocycles. The predicted octanol–water partition coefficient (Wildman–Crippen LogP) is 0.491. The number of hydrogen-bond donors (Lipinski definition) is 3. The second kappa shape index (κ2) is 6.16. The molecule has 0 heterocycles. The molecule has 3 N–H and O–H groups in total. The van der Waals surface area contributed by atoms with Gasteiger partial charge in [0.1, 0.15) is 6.29 Å². The molecule has 1 aromatic carbocycles. The number of anilines is 1. The Bertz CT molecular complexity index is 298. The van der Waals surface area contributed by atoms with E-state index in [1.807, 2.05) is 12.1 Å². The van der Waals surface area contributed by atoms with Gasteiger partial charge in [0.15, 0.2) is 0 Å². The average Bonchev–Trinajstić information content (AvgIpc) is 2.27. The van der Waals surface area contributed by atoms with E-state index < -0.39 is 6.10 Å². The second-order valence-electron chi connectivity index (χ2n) is 3.33. The SMILES string of the molecule is CNCC(O)CNc1ccc(C=O)cc1. The highest BCUT2D eigenvalue weighted by molar-refractivity contribution is 5.75. The molecule has 0 saturated heterocycles. The zero-order chi connectivity index (χ0) is 11.1. The molecule has 0 radical (unpaired) electrons. The molecule has 1 atom stereocenters. The topological polar surface area (TPSA) is 61.4 Å². The van der Waals surface area contributed by atoms with Crippen molar-refractivity contribution in [2.75, 3.05) is 25.5 Å². The fourth-order valence-electron chi connectivity index (χ4n) is 1.22. The summed E-state index contributed by atoms with van der Waals surface area (Å²) in [6.07, 6.45) is 0.389.